The Bertz CT molecular complexity index is 389. The maximum absolute atomic E-state index is 6.17. The maximum atomic E-state index is 6.17. The number of halogens is 2. The van der Waals surface area contributed by atoms with Crippen LogP contribution in [0.2, 0.25) is 5.02 Å². The van der Waals surface area contributed by atoms with Gasteiger partial charge in [0.2, 0.25) is 0 Å². The minimum Gasteiger partial charge on any atom is -0.381 e. The van der Waals surface area contributed by atoms with E-state index in [4.69, 9.17) is 16.3 Å². The zero-order chi connectivity index (χ0) is 12.4. The van der Waals surface area contributed by atoms with Crippen molar-refractivity contribution in [2.75, 3.05) is 5.32 Å². The van der Waals surface area contributed by atoms with Crippen LogP contribution in [-0.2, 0) is 4.74 Å². The molecule has 0 aromatic heterocycles. The van der Waals surface area contributed by atoms with Crippen molar-refractivity contribution >= 4 is 33.2 Å². The van der Waals surface area contributed by atoms with Gasteiger partial charge in [-0.25, -0.2) is 0 Å². The lowest BCUT2D eigenvalue weighted by Gasteiger charge is -2.33. The van der Waals surface area contributed by atoms with Crippen LogP contribution in [0, 0.1) is 0 Å². The quantitative estimate of drug-likeness (QED) is 0.868. The van der Waals surface area contributed by atoms with E-state index in [9.17, 15) is 0 Å². The molecule has 1 aromatic rings. The van der Waals surface area contributed by atoms with Crippen LogP contribution in [0.3, 0.4) is 0 Å². The smallest absolute Gasteiger partial charge is 0.0638 e. The largest absolute Gasteiger partial charge is 0.381 e. The number of rotatable bonds is 2. The average Bonchev–Trinajstić information content (AvgIpc) is 2.22. The molecule has 2 rings (SSSR count). The maximum Gasteiger partial charge on any atom is 0.0638 e. The van der Waals surface area contributed by atoms with Gasteiger partial charge in [-0.2, -0.15) is 0 Å². The van der Waals surface area contributed by atoms with Crippen molar-refractivity contribution in [2.45, 2.75) is 44.9 Å². The summed E-state index contributed by atoms with van der Waals surface area (Å²) >= 11 is 9.64. The molecule has 2 nitrogen and oxygen atoms in total. The van der Waals surface area contributed by atoms with Crippen molar-refractivity contribution in [1.82, 2.24) is 0 Å². The van der Waals surface area contributed by atoms with Gasteiger partial charge < -0.3 is 10.1 Å². The van der Waals surface area contributed by atoms with Gasteiger partial charge >= 0.3 is 0 Å². The molecule has 1 aliphatic heterocycles. The minimum absolute atomic E-state index is 0.308. The molecular formula is C13H17BrClNO. The highest BCUT2D eigenvalue weighted by molar-refractivity contribution is 9.10. The van der Waals surface area contributed by atoms with Gasteiger partial charge in [-0.15, -0.1) is 0 Å². The fourth-order valence-electron chi connectivity index (χ4n) is 2.35. The summed E-state index contributed by atoms with van der Waals surface area (Å²) < 4.78 is 6.77. The Labute approximate surface area is 116 Å². The number of ether oxygens (including phenoxy) is 1. The Balaban J connectivity index is 2.07. The fraction of sp³-hybridized carbons (Fsp3) is 0.538. The standard InChI is InChI=1S/C13H17BrClNO/c1-8-5-11(6-9(2)17-8)16-13-7-10(14)3-4-12(13)15/h3-4,7-9,11,16H,5-6H2,1-2H3. The van der Waals surface area contributed by atoms with Gasteiger partial charge in [0.25, 0.3) is 0 Å². The third-order valence-electron chi connectivity index (χ3n) is 2.99. The van der Waals surface area contributed by atoms with Crippen LogP contribution in [0.5, 0.6) is 0 Å². The zero-order valence-electron chi connectivity index (χ0n) is 10.0. The van der Waals surface area contributed by atoms with Crippen molar-refractivity contribution in [3.63, 3.8) is 0 Å². The molecule has 0 amide bonds. The Kier molecular flexibility index (Phi) is 4.34. The molecule has 0 bridgehead atoms. The third-order valence-corrected chi connectivity index (χ3v) is 3.81. The molecule has 0 aliphatic carbocycles. The molecule has 0 saturated carbocycles. The van der Waals surface area contributed by atoms with Gasteiger partial charge in [-0.1, -0.05) is 27.5 Å². The van der Waals surface area contributed by atoms with Crippen LogP contribution < -0.4 is 5.32 Å². The monoisotopic (exact) mass is 317 g/mol. The summed E-state index contributed by atoms with van der Waals surface area (Å²) in [5.41, 5.74) is 0.993. The molecule has 2 atom stereocenters. The van der Waals surface area contributed by atoms with Crippen molar-refractivity contribution in [3.05, 3.63) is 27.7 Å². The Hall–Kier alpha value is -0.250. The fourth-order valence-corrected chi connectivity index (χ4v) is 2.88. The summed E-state index contributed by atoms with van der Waals surface area (Å²) in [5.74, 6) is 0. The number of benzene rings is 1. The Morgan fingerprint density at radius 3 is 2.59 bits per heavy atom. The van der Waals surface area contributed by atoms with Crippen LogP contribution in [0.15, 0.2) is 22.7 Å². The van der Waals surface area contributed by atoms with Gasteiger partial charge in [-0.3, -0.25) is 0 Å². The summed E-state index contributed by atoms with van der Waals surface area (Å²) in [6.07, 6.45) is 2.66. The molecule has 0 spiro atoms. The second-order valence-corrected chi connectivity index (χ2v) is 6.02. The molecule has 1 aromatic carbocycles. The summed E-state index contributed by atoms with van der Waals surface area (Å²) in [6.45, 7) is 4.24. The van der Waals surface area contributed by atoms with Crippen molar-refractivity contribution < 1.29 is 4.74 Å². The molecule has 2 unspecified atom stereocenters. The molecular weight excluding hydrogens is 302 g/mol. The van der Waals surface area contributed by atoms with E-state index in [-0.39, 0.29) is 0 Å². The van der Waals surface area contributed by atoms with Gasteiger partial charge in [0.1, 0.15) is 0 Å². The van der Waals surface area contributed by atoms with Gasteiger partial charge in [0.05, 0.1) is 22.9 Å². The first-order valence-corrected chi connectivity index (χ1v) is 7.08. The molecule has 94 valence electrons. The molecule has 4 heteroatoms. The van der Waals surface area contributed by atoms with Crippen LogP contribution >= 0.6 is 27.5 Å². The van der Waals surface area contributed by atoms with Gasteiger partial charge in [0, 0.05) is 10.5 Å². The number of nitrogens with one attached hydrogen (secondary N) is 1. The number of hydrogen-bond donors (Lipinski definition) is 1. The van der Waals surface area contributed by atoms with E-state index >= 15 is 0 Å². The number of hydrogen-bond acceptors (Lipinski definition) is 2. The van der Waals surface area contributed by atoms with Crippen molar-refractivity contribution in [1.29, 1.82) is 0 Å². The van der Waals surface area contributed by atoms with E-state index in [0.717, 1.165) is 28.0 Å². The highest BCUT2D eigenvalue weighted by atomic mass is 79.9. The molecule has 1 saturated heterocycles. The average molecular weight is 319 g/mol. The zero-order valence-corrected chi connectivity index (χ0v) is 12.4. The summed E-state index contributed by atoms with van der Waals surface area (Å²) in [7, 11) is 0. The van der Waals surface area contributed by atoms with E-state index in [2.05, 4.69) is 35.1 Å². The van der Waals surface area contributed by atoms with E-state index in [0.29, 0.717) is 18.2 Å². The lowest BCUT2D eigenvalue weighted by molar-refractivity contribution is -0.0337. The summed E-state index contributed by atoms with van der Waals surface area (Å²) in [5, 5.41) is 4.27. The van der Waals surface area contributed by atoms with Gasteiger partial charge in [0.15, 0.2) is 0 Å². The van der Waals surface area contributed by atoms with Crippen molar-refractivity contribution in [3.8, 4) is 0 Å². The summed E-state index contributed by atoms with van der Waals surface area (Å²) in [6, 6.07) is 6.30. The lowest BCUT2D eigenvalue weighted by atomic mass is 9.99. The normalized spacial score (nSPS) is 29.1. The molecule has 1 fully saturated rings. The van der Waals surface area contributed by atoms with Crippen molar-refractivity contribution in [2.24, 2.45) is 0 Å². The Morgan fingerprint density at radius 2 is 1.94 bits per heavy atom. The molecule has 1 heterocycles. The van der Waals surface area contributed by atoms with E-state index in [1.54, 1.807) is 0 Å². The minimum atomic E-state index is 0.308. The predicted molar refractivity (Wildman–Crippen MR) is 75.8 cm³/mol. The van der Waals surface area contributed by atoms with Crippen LogP contribution in [0.25, 0.3) is 0 Å². The van der Waals surface area contributed by atoms with E-state index < -0.39 is 0 Å². The van der Waals surface area contributed by atoms with Crippen LogP contribution in [0.4, 0.5) is 5.69 Å². The Morgan fingerprint density at radius 1 is 1.29 bits per heavy atom. The topological polar surface area (TPSA) is 21.3 Å². The first-order chi connectivity index (χ1) is 8.04. The molecule has 0 radical (unpaired) electrons. The first-order valence-electron chi connectivity index (χ1n) is 5.91. The summed E-state index contributed by atoms with van der Waals surface area (Å²) in [4.78, 5) is 0. The molecule has 1 N–H and O–H groups in total. The third kappa shape index (κ3) is 3.60. The first kappa shape index (κ1) is 13.2. The van der Waals surface area contributed by atoms with Gasteiger partial charge in [-0.05, 0) is 44.9 Å². The van der Waals surface area contributed by atoms with E-state index in [1.807, 2.05) is 18.2 Å². The second kappa shape index (κ2) is 5.59. The highest BCUT2D eigenvalue weighted by Gasteiger charge is 2.24. The van der Waals surface area contributed by atoms with E-state index in [1.165, 1.54) is 0 Å². The van der Waals surface area contributed by atoms with Crippen LogP contribution in [0.1, 0.15) is 26.7 Å². The molecule has 17 heavy (non-hydrogen) atoms. The predicted octanol–water partition coefficient (Wildman–Crippen LogP) is 4.47. The van der Waals surface area contributed by atoms with Crippen LogP contribution in [-0.4, -0.2) is 18.2 Å². The SMILES string of the molecule is CC1CC(Nc2cc(Br)ccc2Cl)CC(C)O1. The molecule has 1 aliphatic rings. The highest BCUT2D eigenvalue weighted by Crippen LogP contribution is 2.29. The number of anilines is 1. The lowest BCUT2D eigenvalue weighted by Crippen LogP contribution is -2.36. The second-order valence-electron chi connectivity index (χ2n) is 4.69.